The summed E-state index contributed by atoms with van der Waals surface area (Å²) in [6.45, 7) is 11.7. The summed E-state index contributed by atoms with van der Waals surface area (Å²) in [7, 11) is -2.81. The molecule has 0 aromatic rings. The van der Waals surface area contributed by atoms with Crippen LogP contribution in [0.2, 0.25) is 0 Å². The van der Waals surface area contributed by atoms with Crippen molar-refractivity contribution in [2.75, 3.05) is 18.6 Å². The molecule has 0 saturated carbocycles. The van der Waals surface area contributed by atoms with Gasteiger partial charge in [-0.05, 0) is 39.0 Å². The minimum Gasteiger partial charge on any atom is -0.312 e. The number of hydrogen-bond acceptors (Lipinski definition) is 3. The summed E-state index contributed by atoms with van der Waals surface area (Å²) in [4.78, 5) is 0. The van der Waals surface area contributed by atoms with Gasteiger partial charge in [0.25, 0.3) is 0 Å². The number of hydrogen-bond donors (Lipinski definition) is 1. The lowest BCUT2D eigenvalue weighted by Gasteiger charge is -2.30. The zero-order valence-corrected chi connectivity index (χ0v) is 12.4. The van der Waals surface area contributed by atoms with Gasteiger partial charge in [0, 0.05) is 24.1 Å². The SMILES string of the molecule is CC(C)(CCCS(C)(=O)=O)CNC(C)(C)C. The Morgan fingerprint density at radius 2 is 1.56 bits per heavy atom. The highest BCUT2D eigenvalue weighted by atomic mass is 32.2. The van der Waals surface area contributed by atoms with E-state index in [1.165, 1.54) is 6.26 Å². The summed E-state index contributed by atoms with van der Waals surface area (Å²) in [6.07, 6.45) is 2.98. The molecule has 0 atom stereocenters. The second-order valence-corrected chi connectivity index (χ2v) is 8.76. The Kier molecular flexibility index (Phi) is 5.47. The van der Waals surface area contributed by atoms with E-state index in [2.05, 4.69) is 39.9 Å². The molecule has 0 heterocycles. The lowest BCUT2D eigenvalue weighted by Crippen LogP contribution is -2.42. The largest absolute Gasteiger partial charge is 0.312 e. The third kappa shape index (κ3) is 10.4. The highest BCUT2D eigenvalue weighted by molar-refractivity contribution is 7.90. The molecule has 0 rings (SSSR count). The topological polar surface area (TPSA) is 46.2 Å². The molecular weight excluding hydrogens is 222 g/mol. The maximum Gasteiger partial charge on any atom is 0.147 e. The van der Waals surface area contributed by atoms with E-state index in [9.17, 15) is 8.42 Å². The zero-order valence-electron chi connectivity index (χ0n) is 11.6. The first-order valence-electron chi connectivity index (χ1n) is 5.84. The highest BCUT2D eigenvalue weighted by Gasteiger charge is 2.21. The van der Waals surface area contributed by atoms with Gasteiger partial charge in [0.05, 0.1) is 0 Å². The molecule has 0 spiro atoms. The minimum absolute atomic E-state index is 0.119. The van der Waals surface area contributed by atoms with Crippen molar-refractivity contribution in [1.29, 1.82) is 0 Å². The molecule has 16 heavy (non-hydrogen) atoms. The van der Waals surface area contributed by atoms with Crippen LogP contribution in [0.15, 0.2) is 0 Å². The second kappa shape index (κ2) is 5.50. The van der Waals surface area contributed by atoms with Gasteiger partial charge < -0.3 is 5.32 Å². The monoisotopic (exact) mass is 249 g/mol. The van der Waals surface area contributed by atoms with Gasteiger partial charge in [-0.1, -0.05) is 13.8 Å². The average Bonchev–Trinajstić information content (AvgIpc) is 1.97. The van der Waals surface area contributed by atoms with E-state index in [0.717, 1.165) is 19.4 Å². The summed E-state index contributed by atoms with van der Waals surface area (Å²) in [6, 6.07) is 0. The molecule has 0 fully saturated rings. The maximum absolute atomic E-state index is 11.0. The van der Waals surface area contributed by atoms with Gasteiger partial charge in [0.15, 0.2) is 0 Å². The van der Waals surface area contributed by atoms with Gasteiger partial charge in [-0.3, -0.25) is 0 Å². The van der Waals surface area contributed by atoms with Crippen LogP contribution < -0.4 is 5.32 Å². The predicted octanol–water partition coefficient (Wildman–Crippen LogP) is 2.23. The molecule has 0 unspecified atom stereocenters. The molecule has 0 aliphatic heterocycles. The minimum atomic E-state index is -2.81. The third-order valence-electron chi connectivity index (χ3n) is 2.47. The fourth-order valence-electron chi connectivity index (χ4n) is 1.41. The van der Waals surface area contributed by atoms with Crippen LogP contribution in [0.3, 0.4) is 0 Å². The van der Waals surface area contributed by atoms with E-state index < -0.39 is 9.84 Å². The fourth-order valence-corrected chi connectivity index (χ4v) is 2.07. The first-order chi connectivity index (χ1) is 6.91. The fraction of sp³-hybridized carbons (Fsp3) is 1.00. The van der Waals surface area contributed by atoms with E-state index in [1.807, 2.05) is 0 Å². The number of sulfone groups is 1. The Balaban J connectivity index is 3.97. The standard InChI is InChI=1S/C12H27NO2S/c1-11(2,3)13-10-12(4,5)8-7-9-16(6,14)15/h13H,7-10H2,1-6H3. The first-order valence-corrected chi connectivity index (χ1v) is 7.90. The van der Waals surface area contributed by atoms with Gasteiger partial charge in [-0.2, -0.15) is 0 Å². The smallest absolute Gasteiger partial charge is 0.147 e. The summed E-state index contributed by atoms with van der Waals surface area (Å²) in [5.74, 6) is 0.298. The van der Waals surface area contributed by atoms with Crippen molar-refractivity contribution in [3.8, 4) is 0 Å². The molecule has 0 aromatic heterocycles. The summed E-state index contributed by atoms with van der Waals surface area (Å²) in [5.41, 5.74) is 0.270. The molecule has 0 aliphatic rings. The molecule has 0 radical (unpaired) electrons. The lowest BCUT2D eigenvalue weighted by atomic mass is 9.87. The van der Waals surface area contributed by atoms with Crippen molar-refractivity contribution in [2.24, 2.45) is 5.41 Å². The Morgan fingerprint density at radius 3 is 1.94 bits per heavy atom. The molecule has 0 bridgehead atoms. The molecule has 0 saturated heterocycles. The Labute approximate surface area is 101 Å². The Bertz CT molecular complexity index is 299. The Morgan fingerprint density at radius 1 is 1.06 bits per heavy atom. The predicted molar refractivity (Wildman–Crippen MR) is 70.5 cm³/mol. The molecule has 98 valence electrons. The molecule has 0 amide bonds. The van der Waals surface area contributed by atoms with Crippen LogP contribution in [0.1, 0.15) is 47.5 Å². The molecular formula is C12H27NO2S. The molecule has 0 aromatic carbocycles. The van der Waals surface area contributed by atoms with Crippen LogP contribution >= 0.6 is 0 Å². The van der Waals surface area contributed by atoms with Crippen LogP contribution in [-0.2, 0) is 9.84 Å². The Hall–Kier alpha value is -0.0900. The summed E-state index contributed by atoms with van der Waals surface area (Å²) in [5, 5.41) is 3.46. The van der Waals surface area contributed by atoms with Crippen LogP contribution in [0.25, 0.3) is 0 Å². The number of nitrogens with one attached hydrogen (secondary N) is 1. The van der Waals surface area contributed by atoms with Crippen molar-refractivity contribution < 1.29 is 8.42 Å². The van der Waals surface area contributed by atoms with E-state index in [0.29, 0.717) is 5.75 Å². The van der Waals surface area contributed by atoms with Gasteiger partial charge in [-0.15, -0.1) is 0 Å². The van der Waals surface area contributed by atoms with Gasteiger partial charge in [0.1, 0.15) is 9.84 Å². The van der Waals surface area contributed by atoms with Crippen molar-refractivity contribution in [1.82, 2.24) is 5.32 Å². The maximum atomic E-state index is 11.0. The van der Waals surface area contributed by atoms with Crippen molar-refractivity contribution in [3.05, 3.63) is 0 Å². The van der Waals surface area contributed by atoms with E-state index in [-0.39, 0.29) is 11.0 Å². The van der Waals surface area contributed by atoms with Gasteiger partial charge >= 0.3 is 0 Å². The average molecular weight is 249 g/mol. The normalized spacial score (nSPS) is 14.1. The van der Waals surface area contributed by atoms with E-state index >= 15 is 0 Å². The lowest BCUT2D eigenvalue weighted by molar-refractivity contribution is 0.271. The molecule has 4 heteroatoms. The summed E-state index contributed by atoms with van der Waals surface area (Å²) >= 11 is 0. The van der Waals surface area contributed by atoms with Crippen molar-refractivity contribution in [2.45, 2.75) is 53.0 Å². The zero-order chi connectivity index (χ0) is 13.0. The summed E-state index contributed by atoms with van der Waals surface area (Å²) < 4.78 is 22.0. The van der Waals surface area contributed by atoms with Crippen LogP contribution in [0.4, 0.5) is 0 Å². The quantitative estimate of drug-likeness (QED) is 0.785. The second-order valence-electron chi connectivity index (χ2n) is 6.50. The van der Waals surface area contributed by atoms with Crippen LogP contribution in [-0.4, -0.2) is 32.5 Å². The van der Waals surface area contributed by atoms with Crippen molar-refractivity contribution >= 4 is 9.84 Å². The molecule has 1 N–H and O–H groups in total. The van der Waals surface area contributed by atoms with Gasteiger partial charge in [-0.25, -0.2) is 8.42 Å². The molecule has 0 aliphatic carbocycles. The third-order valence-corrected chi connectivity index (χ3v) is 3.50. The van der Waals surface area contributed by atoms with E-state index in [4.69, 9.17) is 0 Å². The van der Waals surface area contributed by atoms with Crippen molar-refractivity contribution in [3.63, 3.8) is 0 Å². The van der Waals surface area contributed by atoms with Gasteiger partial charge in [0.2, 0.25) is 0 Å². The van der Waals surface area contributed by atoms with Crippen LogP contribution in [0, 0.1) is 5.41 Å². The van der Waals surface area contributed by atoms with Crippen LogP contribution in [0.5, 0.6) is 0 Å². The number of rotatable bonds is 6. The highest BCUT2D eigenvalue weighted by Crippen LogP contribution is 2.22. The molecule has 3 nitrogen and oxygen atoms in total. The first kappa shape index (κ1) is 15.9. The van der Waals surface area contributed by atoms with E-state index in [1.54, 1.807) is 0 Å².